The lowest BCUT2D eigenvalue weighted by molar-refractivity contribution is 0.186. The van der Waals surface area contributed by atoms with Crippen molar-refractivity contribution in [3.8, 4) is 18.2 Å². The topological polar surface area (TPSA) is 107 Å². The zero-order valence-electron chi connectivity index (χ0n) is 12.7. The van der Waals surface area contributed by atoms with Crippen molar-refractivity contribution in [2.75, 3.05) is 13.2 Å². The van der Waals surface area contributed by atoms with Gasteiger partial charge in [-0.1, -0.05) is 13.8 Å². The Morgan fingerprint density at radius 1 is 0.952 bits per heavy atom. The maximum absolute atomic E-state index is 13.1. The molecule has 116 valence electrons. The van der Waals surface area contributed by atoms with Gasteiger partial charge >= 0.3 is 7.60 Å². The van der Waals surface area contributed by atoms with Crippen LogP contribution in [0.2, 0.25) is 0 Å². The van der Waals surface area contributed by atoms with Crippen LogP contribution < -0.4 is 0 Å². The highest BCUT2D eigenvalue weighted by molar-refractivity contribution is 7.56. The van der Waals surface area contributed by atoms with Crippen molar-refractivity contribution in [2.45, 2.75) is 57.5 Å². The summed E-state index contributed by atoms with van der Waals surface area (Å²) in [5.41, 5.74) is 0. The van der Waals surface area contributed by atoms with Crippen molar-refractivity contribution in [1.29, 1.82) is 15.8 Å². The molecule has 0 N–H and O–H groups in total. The monoisotopic (exact) mass is 311 g/mol. The van der Waals surface area contributed by atoms with Gasteiger partial charge in [0, 0.05) is 12.8 Å². The van der Waals surface area contributed by atoms with E-state index in [1.54, 1.807) is 0 Å². The maximum Gasteiger partial charge on any atom is 0.350 e. The lowest BCUT2D eigenvalue weighted by atomic mass is 9.99. The fourth-order valence-corrected chi connectivity index (χ4v) is 4.11. The summed E-state index contributed by atoms with van der Waals surface area (Å²) in [6.07, 6.45) is 1.55. The van der Waals surface area contributed by atoms with Crippen LogP contribution in [0.1, 0.15) is 52.4 Å². The molecule has 0 spiro atoms. The van der Waals surface area contributed by atoms with E-state index in [-0.39, 0.29) is 38.9 Å². The largest absolute Gasteiger partial charge is 0.350 e. The van der Waals surface area contributed by atoms with Crippen LogP contribution in [-0.4, -0.2) is 18.4 Å². The summed E-state index contributed by atoms with van der Waals surface area (Å²) in [7, 11) is -3.72. The number of nitrogens with zero attached hydrogens (tertiary/aromatic N) is 3. The van der Waals surface area contributed by atoms with Crippen molar-refractivity contribution >= 4 is 7.60 Å². The Morgan fingerprint density at radius 3 is 1.67 bits per heavy atom. The minimum atomic E-state index is -3.72. The minimum absolute atomic E-state index is 0.0634. The average molecular weight is 311 g/mol. The lowest BCUT2D eigenvalue weighted by Gasteiger charge is -2.32. The van der Waals surface area contributed by atoms with E-state index in [1.165, 1.54) is 0 Å². The van der Waals surface area contributed by atoms with E-state index >= 15 is 0 Å². The third-order valence-electron chi connectivity index (χ3n) is 2.96. The van der Waals surface area contributed by atoms with Crippen molar-refractivity contribution in [2.24, 2.45) is 0 Å². The van der Waals surface area contributed by atoms with Crippen molar-refractivity contribution in [3.63, 3.8) is 0 Å². The molecule has 0 unspecified atom stereocenters. The van der Waals surface area contributed by atoms with E-state index in [9.17, 15) is 9.83 Å². The van der Waals surface area contributed by atoms with Gasteiger partial charge in [0.15, 0.2) is 5.16 Å². The van der Waals surface area contributed by atoms with Crippen LogP contribution in [0.15, 0.2) is 0 Å². The highest BCUT2D eigenvalue weighted by atomic mass is 31.2. The highest BCUT2D eigenvalue weighted by Gasteiger charge is 2.51. The molecule has 6 nitrogen and oxygen atoms in total. The first-order valence-electron chi connectivity index (χ1n) is 7.10. The van der Waals surface area contributed by atoms with Gasteiger partial charge in [0.25, 0.3) is 0 Å². The standard InChI is InChI=1S/C14H22N3O3P/c1-3-11-19-21(18,20-12-4-2)14(13-17,7-5-9-15)8-6-10-16/h3-8,11-12H2,1-2H3. The molecular weight excluding hydrogens is 289 g/mol. The summed E-state index contributed by atoms with van der Waals surface area (Å²) in [5, 5.41) is 25.7. The molecule has 7 heteroatoms. The molecule has 0 rings (SSSR count). The molecule has 0 aromatic rings. The molecule has 0 amide bonds. The summed E-state index contributed by atoms with van der Waals surface area (Å²) in [4.78, 5) is 0. The van der Waals surface area contributed by atoms with E-state index in [2.05, 4.69) is 0 Å². The van der Waals surface area contributed by atoms with Gasteiger partial charge in [-0.3, -0.25) is 4.57 Å². The normalized spacial score (nSPS) is 11.4. The fraction of sp³-hybridized carbons (Fsp3) is 0.786. The second-order valence-corrected chi connectivity index (χ2v) is 6.99. The van der Waals surface area contributed by atoms with E-state index in [4.69, 9.17) is 19.6 Å². The zero-order valence-corrected chi connectivity index (χ0v) is 13.6. The number of nitriles is 3. The Bertz CT molecular complexity index is 443. The van der Waals surface area contributed by atoms with Gasteiger partial charge in [-0.05, 0) is 25.7 Å². The van der Waals surface area contributed by atoms with E-state index < -0.39 is 12.8 Å². The third-order valence-corrected chi connectivity index (χ3v) is 5.60. The smallest absolute Gasteiger partial charge is 0.307 e. The Kier molecular flexibility index (Phi) is 9.68. The molecule has 0 saturated heterocycles. The molecule has 0 saturated carbocycles. The Labute approximate surface area is 126 Å². The van der Waals surface area contributed by atoms with Gasteiger partial charge in [0.1, 0.15) is 0 Å². The van der Waals surface area contributed by atoms with Crippen LogP contribution in [0.3, 0.4) is 0 Å². The number of hydrogen-bond acceptors (Lipinski definition) is 6. The van der Waals surface area contributed by atoms with Crippen molar-refractivity contribution < 1.29 is 13.6 Å². The summed E-state index contributed by atoms with van der Waals surface area (Å²) in [6.45, 7) is 4.15. The Hall–Kier alpha value is -1.38. The first-order valence-corrected chi connectivity index (χ1v) is 8.64. The van der Waals surface area contributed by atoms with Gasteiger partial charge in [-0.2, -0.15) is 15.8 Å². The second-order valence-electron chi connectivity index (χ2n) is 4.62. The van der Waals surface area contributed by atoms with Crippen LogP contribution in [0.4, 0.5) is 0 Å². The summed E-state index contributed by atoms with van der Waals surface area (Å²) in [6, 6.07) is 5.93. The van der Waals surface area contributed by atoms with Gasteiger partial charge in [-0.15, -0.1) is 0 Å². The molecule has 0 aliphatic carbocycles. The highest BCUT2D eigenvalue weighted by Crippen LogP contribution is 2.63. The molecule has 0 aromatic heterocycles. The summed E-state index contributed by atoms with van der Waals surface area (Å²) >= 11 is 0. The van der Waals surface area contributed by atoms with Crippen molar-refractivity contribution in [1.82, 2.24) is 0 Å². The van der Waals surface area contributed by atoms with Gasteiger partial charge in [-0.25, -0.2) is 0 Å². The minimum Gasteiger partial charge on any atom is -0.307 e. The second kappa shape index (κ2) is 10.4. The Morgan fingerprint density at radius 2 is 1.38 bits per heavy atom. The lowest BCUT2D eigenvalue weighted by Crippen LogP contribution is -2.30. The van der Waals surface area contributed by atoms with Gasteiger partial charge in [0.2, 0.25) is 0 Å². The fourth-order valence-electron chi connectivity index (χ4n) is 1.80. The molecule has 0 aliphatic rings. The SMILES string of the molecule is CCCOP(=O)(OCCC)C(C#N)(CCC#N)CCC#N. The van der Waals surface area contributed by atoms with E-state index in [1.807, 2.05) is 32.1 Å². The molecule has 0 radical (unpaired) electrons. The van der Waals surface area contributed by atoms with E-state index in [0.29, 0.717) is 12.8 Å². The number of hydrogen-bond donors (Lipinski definition) is 0. The van der Waals surface area contributed by atoms with Crippen LogP contribution in [0, 0.1) is 34.0 Å². The van der Waals surface area contributed by atoms with Crippen molar-refractivity contribution in [3.05, 3.63) is 0 Å². The third kappa shape index (κ3) is 5.49. The van der Waals surface area contributed by atoms with Crippen LogP contribution in [0.25, 0.3) is 0 Å². The molecule has 0 atom stereocenters. The molecule has 0 aliphatic heterocycles. The molecule has 0 fully saturated rings. The number of rotatable bonds is 11. The van der Waals surface area contributed by atoms with Gasteiger partial charge in [0.05, 0.1) is 31.4 Å². The predicted molar refractivity (Wildman–Crippen MR) is 78.1 cm³/mol. The average Bonchev–Trinajstić information content (AvgIpc) is 2.51. The summed E-state index contributed by atoms with van der Waals surface area (Å²) in [5.74, 6) is 0. The van der Waals surface area contributed by atoms with E-state index in [0.717, 1.165) is 0 Å². The molecular formula is C14H22N3O3P. The van der Waals surface area contributed by atoms with Gasteiger partial charge < -0.3 is 9.05 Å². The van der Waals surface area contributed by atoms with Crippen LogP contribution >= 0.6 is 7.60 Å². The summed E-state index contributed by atoms with van der Waals surface area (Å²) < 4.78 is 24.0. The Balaban J connectivity index is 5.52. The van der Waals surface area contributed by atoms with Crippen LogP contribution in [-0.2, 0) is 13.6 Å². The first-order chi connectivity index (χ1) is 10.1. The first kappa shape index (κ1) is 19.6. The quantitative estimate of drug-likeness (QED) is 0.535. The molecule has 0 heterocycles. The molecule has 0 aromatic carbocycles. The predicted octanol–water partition coefficient (Wildman–Crippen LogP) is 3.90. The molecule has 21 heavy (non-hydrogen) atoms. The van der Waals surface area contributed by atoms with Crippen LogP contribution in [0.5, 0.6) is 0 Å². The molecule has 0 bridgehead atoms. The maximum atomic E-state index is 13.1. The zero-order chi connectivity index (χ0) is 16.2.